The van der Waals surface area contributed by atoms with Crippen LogP contribution in [0.4, 0.5) is 9.18 Å². The van der Waals surface area contributed by atoms with Crippen molar-refractivity contribution in [2.45, 2.75) is 30.8 Å². The molecule has 2 aromatic heterocycles. The molecular formula is C30H36FN5O2S. The van der Waals surface area contributed by atoms with Crippen LogP contribution in [-0.4, -0.2) is 65.2 Å². The molecule has 0 radical (unpaired) electrons. The molecule has 0 bridgehead atoms. The van der Waals surface area contributed by atoms with E-state index in [-0.39, 0.29) is 6.03 Å². The minimum Gasteiger partial charge on any atom is -0.378 e. The van der Waals surface area contributed by atoms with Crippen molar-refractivity contribution >= 4 is 29.6 Å². The number of halogens is 1. The Hall–Kier alpha value is -3.40. The maximum Gasteiger partial charge on any atom is 0.317 e. The Morgan fingerprint density at radius 1 is 1.00 bits per heavy atom. The number of aromatic nitrogens is 2. The second kappa shape index (κ2) is 15.3. The highest BCUT2D eigenvalue weighted by Crippen LogP contribution is 2.21. The lowest BCUT2D eigenvalue weighted by Crippen LogP contribution is -2.46. The van der Waals surface area contributed by atoms with Gasteiger partial charge in [0.25, 0.3) is 0 Å². The molecule has 1 aliphatic rings. The summed E-state index contributed by atoms with van der Waals surface area (Å²) in [7, 11) is 0. The van der Waals surface area contributed by atoms with Gasteiger partial charge in [-0.1, -0.05) is 42.5 Å². The van der Waals surface area contributed by atoms with Crippen molar-refractivity contribution < 1.29 is 13.9 Å². The first kappa shape index (κ1) is 28.6. The largest absolute Gasteiger partial charge is 0.378 e. The summed E-state index contributed by atoms with van der Waals surface area (Å²) in [5, 5.41) is 4.17. The van der Waals surface area contributed by atoms with Crippen molar-refractivity contribution in [1.82, 2.24) is 25.1 Å². The standard InChI is InChI=1S/C24H30FN5O2.C6H6S/c25-23-19(6-5-10-26-23)17-29(18-20-16-28-22-8-2-1-7-21(20)22)11-4-3-9-27-24(31)30-12-14-32-15-13-30;7-6-4-2-1-3-5-6/h1-2,5-8,10,16,28H,3-4,9,11-15,17-18H2,(H,27,31);1-5,7H. The topological polar surface area (TPSA) is 73.5 Å². The molecule has 1 saturated heterocycles. The number of ether oxygens (including phenoxy) is 1. The van der Waals surface area contributed by atoms with Crippen molar-refractivity contribution in [3.63, 3.8) is 0 Å². The number of nitrogens with one attached hydrogen (secondary N) is 2. The number of pyridine rings is 1. The van der Waals surface area contributed by atoms with Crippen LogP contribution >= 0.6 is 12.6 Å². The maximum atomic E-state index is 14.2. The first-order chi connectivity index (χ1) is 19.1. The molecule has 2 N–H and O–H groups in total. The molecule has 4 aromatic rings. The van der Waals surface area contributed by atoms with E-state index in [1.54, 1.807) is 17.0 Å². The van der Waals surface area contributed by atoms with Gasteiger partial charge in [-0.25, -0.2) is 9.78 Å². The van der Waals surface area contributed by atoms with E-state index in [0.717, 1.165) is 29.8 Å². The van der Waals surface area contributed by atoms with Gasteiger partial charge in [0.15, 0.2) is 0 Å². The van der Waals surface area contributed by atoms with Gasteiger partial charge >= 0.3 is 6.03 Å². The molecule has 5 rings (SSSR count). The number of hydrogen-bond acceptors (Lipinski definition) is 5. The van der Waals surface area contributed by atoms with Crippen LogP contribution in [0.3, 0.4) is 0 Å². The Balaban J connectivity index is 0.000000438. The molecule has 0 unspecified atom stereocenters. The number of urea groups is 1. The second-order valence-corrected chi connectivity index (χ2v) is 9.91. The quantitative estimate of drug-likeness (QED) is 0.146. The number of morpholine rings is 1. The summed E-state index contributed by atoms with van der Waals surface area (Å²) in [6.07, 6.45) is 5.25. The number of fused-ring (bicyclic) bond motifs is 1. The first-order valence-corrected chi connectivity index (χ1v) is 13.8. The van der Waals surface area contributed by atoms with Crippen LogP contribution in [0.25, 0.3) is 10.9 Å². The summed E-state index contributed by atoms with van der Waals surface area (Å²) in [4.78, 5) is 24.4. The predicted molar refractivity (Wildman–Crippen MR) is 155 cm³/mol. The van der Waals surface area contributed by atoms with Crippen LogP contribution in [-0.2, 0) is 17.8 Å². The average Bonchev–Trinajstić information content (AvgIpc) is 3.38. The Bertz CT molecular complexity index is 1300. The molecule has 9 heteroatoms. The van der Waals surface area contributed by atoms with E-state index in [9.17, 15) is 9.18 Å². The molecule has 0 aliphatic carbocycles. The Labute approximate surface area is 234 Å². The summed E-state index contributed by atoms with van der Waals surface area (Å²) in [6, 6.07) is 21.5. The summed E-state index contributed by atoms with van der Waals surface area (Å²) in [5.41, 5.74) is 2.87. The average molecular weight is 550 g/mol. The Kier molecular flexibility index (Phi) is 11.2. The van der Waals surface area contributed by atoms with Crippen molar-refractivity contribution in [2.24, 2.45) is 0 Å². The number of thiol groups is 1. The van der Waals surface area contributed by atoms with Crippen molar-refractivity contribution in [3.05, 3.63) is 96.2 Å². The van der Waals surface area contributed by atoms with Crippen molar-refractivity contribution in [3.8, 4) is 0 Å². The highest BCUT2D eigenvalue weighted by atomic mass is 32.1. The molecular weight excluding hydrogens is 513 g/mol. The van der Waals surface area contributed by atoms with Crippen LogP contribution in [0.1, 0.15) is 24.0 Å². The number of H-pyrrole nitrogens is 1. The van der Waals surface area contributed by atoms with E-state index < -0.39 is 5.95 Å². The van der Waals surface area contributed by atoms with Crippen LogP contribution in [0, 0.1) is 5.95 Å². The van der Waals surface area contributed by atoms with E-state index >= 15 is 0 Å². The normalized spacial score (nSPS) is 13.3. The fourth-order valence-electron chi connectivity index (χ4n) is 4.46. The van der Waals surface area contributed by atoms with E-state index in [1.807, 2.05) is 48.7 Å². The van der Waals surface area contributed by atoms with Crippen molar-refractivity contribution in [1.29, 1.82) is 0 Å². The summed E-state index contributed by atoms with van der Waals surface area (Å²) >= 11 is 4.08. The molecule has 7 nitrogen and oxygen atoms in total. The molecule has 206 valence electrons. The van der Waals surface area contributed by atoms with E-state index in [4.69, 9.17) is 4.74 Å². The monoisotopic (exact) mass is 549 g/mol. The van der Waals surface area contributed by atoms with Gasteiger partial charge in [0.1, 0.15) is 0 Å². The lowest BCUT2D eigenvalue weighted by molar-refractivity contribution is 0.0532. The third-order valence-corrected chi connectivity index (χ3v) is 6.83. The van der Waals surface area contributed by atoms with E-state index in [1.165, 1.54) is 17.1 Å². The minimum absolute atomic E-state index is 0.0265. The highest BCUT2D eigenvalue weighted by Gasteiger charge is 2.16. The van der Waals surface area contributed by atoms with E-state index in [0.29, 0.717) is 51.5 Å². The molecule has 39 heavy (non-hydrogen) atoms. The van der Waals surface area contributed by atoms with Gasteiger partial charge in [-0.3, -0.25) is 4.90 Å². The molecule has 0 saturated carbocycles. The number of carbonyl (C=O) groups excluding carboxylic acids is 1. The number of amides is 2. The summed E-state index contributed by atoms with van der Waals surface area (Å²) in [6.45, 7) is 5.08. The molecule has 1 aliphatic heterocycles. The van der Waals surface area contributed by atoms with Gasteiger partial charge in [-0.2, -0.15) is 4.39 Å². The summed E-state index contributed by atoms with van der Waals surface area (Å²) < 4.78 is 19.5. The van der Waals surface area contributed by atoms with Gasteiger partial charge in [-0.05, 0) is 49.2 Å². The van der Waals surface area contributed by atoms with Gasteiger partial charge in [0.05, 0.1) is 13.2 Å². The zero-order chi connectivity index (χ0) is 27.3. The van der Waals surface area contributed by atoms with Gasteiger partial charge in [0.2, 0.25) is 5.95 Å². The predicted octanol–water partition coefficient (Wildman–Crippen LogP) is 5.50. The smallest absolute Gasteiger partial charge is 0.317 e. The Morgan fingerprint density at radius 2 is 1.74 bits per heavy atom. The number of para-hydroxylation sites is 1. The molecule has 1 fully saturated rings. The lowest BCUT2D eigenvalue weighted by atomic mass is 10.1. The number of benzene rings is 2. The molecule has 3 heterocycles. The number of unbranched alkanes of at least 4 members (excludes halogenated alkanes) is 1. The first-order valence-electron chi connectivity index (χ1n) is 13.3. The maximum absolute atomic E-state index is 14.2. The fourth-order valence-corrected chi connectivity index (χ4v) is 4.63. The number of hydrogen-bond donors (Lipinski definition) is 3. The van der Waals surface area contributed by atoms with E-state index in [2.05, 4.69) is 44.9 Å². The zero-order valence-electron chi connectivity index (χ0n) is 22.1. The van der Waals surface area contributed by atoms with Gasteiger partial charge in [-0.15, -0.1) is 12.6 Å². The second-order valence-electron chi connectivity index (χ2n) is 9.40. The van der Waals surface area contributed by atoms with Crippen LogP contribution in [0.5, 0.6) is 0 Å². The SMILES string of the molecule is O=C(NCCCCN(Cc1cccnc1F)Cc1c[nH]c2ccccc12)N1CCOCC1.Sc1ccccc1. The highest BCUT2D eigenvalue weighted by molar-refractivity contribution is 7.80. The zero-order valence-corrected chi connectivity index (χ0v) is 23.0. The number of nitrogens with zero attached hydrogens (tertiary/aromatic N) is 3. The minimum atomic E-state index is -0.422. The number of aromatic amines is 1. The fraction of sp³-hybridized carbons (Fsp3) is 0.333. The van der Waals surface area contributed by atoms with Crippen molar-refractivity contribution in [2.75, 3.05) is 39.4 Å². The lowest BCUT2D eigenvalue weighted by Gasteiger charge is -2.27. The number of carbonyl (C=O) groups is 1. The van der Waals surface area contributed by atoms with Gasteiger partial charge < -0.3 is 19.9 Å². The van der Waals surface area contributed by atoms with Crippen LogP contribution in [0.2, 0.25) is 0 Å². The van der Waals surface area contributed by atoms with Crippen LogP contribution in [0.15, 0.2) is 84.0 Å². The summed E-state index contributed by atoms with van der Waals surface area (Å²) in [5.74, 6) is -0.422. The van der Waals surface area contributed by atoms with Crippen LogP contribution < -0.4 is 5.32 Å². The third-order valence-electron chi connectivity index (χ3n) is 6.53. The number of rotatable bonds is 9. The molecule has 2 aromatic carbocycles. The molecule has 0 atom stereocenters. The molecule has 0 spiro atoms. The third kappa shape index (κ3) is 9.09. The molecule has 2 amide bonds. The van der Waals surface area contributed by atoms with Gasteiger partial charge in [0, 0.05) is 66.5 Å². The Morgan fingerprint density at radius 3 is 2.49 bits per heavy atom.